The monoisotopic (exact) mass is 344 g/mol. The molecule has 0 aliphatic rings. The average Bonchev–Trinajstić information content (AvgIpc) is 2.85. The highest BCUT2D eigenvalue weighted by Crippen LogP contribution is 2.23. The van der Waals surface area contributed by atoms with Gasteiger partial charge in [0, 0.05) is 26.2 Å². The summed E-state index contributed by atoms with van der Waals surface area (Å²) in [5.41, 5.74) is -0.374. The molecular formula is C14H14F2N2O4S. The molecule has 2 aromatic rings. The van der Waals surface area contributed by atoms with Crippen LogP contribution in [0.15, 0.2) is 33.6 Å². The first-order chi connectivity index (χ1) is 10.6. The number of halogens is 2. The first kappa shape index (κ1) is 17.1. The zero-order valence-electron chi connectivity index (χ0n) is 12.6. The summed E-state index contributed by atoms with van der Waals surface area (Å²) in [5, 5.41) is 2.13. The van der Waals surface area contributed by atoms with Gasteiger partial charge in [-0.05, 0) is 19.1 Å². The summed E-state index contributed by atoms with van der Waals surface area (Å²) in [6, 6.07) is 3.61. The number of rotatable bonds is 4. The lowest BCUT2D eigenvalue weighted by molar-refractivity contribution is 0.0995. The molecule has 6 nitrogen and oxygen atoms in total. The molecule has 0 bridgehead atoms. The van der Waals surface area contributed by atoms with Crippen LogP contribution in [0, 0.1) is 18.6 Å². The molecular weight excluding hydrogens is 330 g/mol. The van der Waals surface area contributed by atoms with Crippen LogP contribution in [0.1, 0.15) is 16.3 Å². The quantitative estimate of drug-likeness (QED) is 0.923. The minimum Gasteiger partial charge on any atom is -0.455 e. The number of carbonyl (C=O) groups is 1. The van der Waals surface area contributed by atoms with Crippen LogP contribution in [0.25, 0.3) is 0 Å². The van der Waals surface area contributed by atoms with Gasteiger partial charge < -0.3 is 9.73 Å². The zero-order chi connectivity index (χ0) is 17.4. The Morgan fingerprint density at radius 1 is 1.22 bits per heavy atom. The van der Waals surface area contributed by atoms with Crippen LogP contribution in [0.2, 0.25) is 0 Å². The maximum Gasteiger partial charge on any atom is 0.291 e. The first-order valence-electron chi connectivity index (χ1n) is 6.42. The van der Waals surface area contributed by atoms with Crippen molar-refractivity contribution in [3.63, 3.8) is 0 Å². The van der Waals surface area contributed by atoms with Crippen LogP contribution in [0.4, 0.5) is 14.5 Å². The summed E-state index contributed by atoms with van der Waals surface area (Å²) in [5.74, 6) is -2.76. The summed E-state index contributed by atoms with van der Waals surface area (Å²) in [7, 11) is -1.11. The largest absolute Gasteiger partial charge is 0.455 e. The number of nitrogens with one attached hydrogen (secondary N) is 1. The zero-order valence-corrected chi connectivity index (χ0v) is 13.4. The van der Waals surface area contributed by atoms with Gasteiger partial charge in [-0.3, -0.25) is 4.79 Å². The molecule has 1 amide bonds. The van der Waals surface area contributed by atoms with Crippen LogP contribution in [-0.2, 0) is 10.0 Å². The fourth-order valence-electron chi connectivity index (χ4n) is 1.81. The molecule has 0 unspecified atom stereocenters. The van der Waals surface area contributed by atoms with Crippen molar-refractivity contribution in [3.8, 4) is 0 Å². The molecule has 0 aliphatic carbocycles. The Labute approximate surface area is 131 Å². The normalized spacial score (nSPS) is 11.7. The Kier molecular flexibility index (Phi) is 4.53. The molecule has 0 spiro atoms. The van der Waals surface area contributed by atoms with E-state index < -0.39 is 27.6 Å². The van der Waals surface area contributed by atoms with E-state index in [-0.39, 0.29) is 22.1 Å². The minimum atomic E-state index is -3.78. The molecule has 23 heavy (non-hydrogen) atoms. The highest BCUT2D eigenvalue weighted by molar-refractivity contribution is 7.89. The molecule has 0 fully saturated rings. The third-order valence-electron chi connectivity index (χ3n) is 3.03. The molecule has 0 saturated heterocycles. The van der Waals surface area contributed by atoms with Gasteiger partial charge in [0.25, 0.3) is 5.91 Å². The molecule has 0 aliphatic heterocycles. The number of nitrogens with zero attached hydrogens (tertiary/aromatic N) is 1. The number of hydrogen-bond acceptors (Lipinski definition) is 4. The van der Waals surface area contributed by atoms with Crippen LogP contribution < -0.4 is 5.32 Å². The van der Waals surface area contributed by atoms with Crippen LogP contribution >= 0.6 is 0 Å². The highest BCUT2D eigenvalue weighted by Gasteiger charge is 2.26. The SMILES string of the molecule is Cc1oc(C(=O)Nc2cc(F)ccc2F)cc1S(=O)(=O)N(C)C. The Morgan fingerprint density at radius 3 is 2.48 bits per heavy atom. The van der Waals surface area contributed by atoms with Crippen LogP contribution in [0.5, 0.6) is 0 Å². The second kappa shape index (κ2) is 6.09. The summed E-state index contributed by atoms with van der Waals surface area (Å²) < 4.78 is 56.8. The van der Waals surface area contributed by atoms with Crippen molar-refractivity contribution in [1.29, 1.82) is 0 Å². The van der Waals surface area contributed by atoms with Gasteiger partial charge in [0.05, 0.1) is 5.69 Å². The van der Waals surface area contributed by atoms with Crippen molar-refractivity contribution in [2.75, 3.05) is 19.4 Å². The van der Waals surface area contributed by atoms with Gasteiger partial charge in [0.2, 0.25) is 10.0 Å². The second-order valence-corrected chi connectivity index (χ2v) is 7.02. The van der Waals surface area contributed by atoms with E-state index in [4.69, 9.17) is 4.42 Å². The maximum absolute atomic E-state index is 13.5. The van der Waals surface area contributed by atoms with Crippen molar-refractivity contribution in [2.45, 2.75) is 11.8 Å². The molecule has 124 valence electrons. The summed E-state index contributed by atoms with van der Waals surface area (Å²) in [6.45, 7) is 1.38. The topological polar surface area (TPSA) is 79.6 Å². The lowest BCUT2D eigenvalue weighted by Crippen LogP contribution is -2.22. The number of amides is 1. The molecule has 1 heterocycles. The molecule has 1 aromatic carbocycles. The molecule has 1 N–H and O–H groups in total. The lowest BCUT2D eigenvalue weighted by Gasteiger charge is -2.09. The van der Waals surface area contributed by atoms with Gasteiger partial charge in [-0.2, -0.15) is 0 Å². The number of aryl methyl sites for hydroxylation is 1. The Bertz CT molecular complexity index is 860. The summed E-state index contributed by atoms with van der Waals surface area (Å²) >= 11 is 0. The lowest BCUT2D eigenvalue weighted by atomic mass is 10.3. The predicted octanol–water partition coefficient (Wildman–Crippen LogP) is 2.37. The van der Waals surface area contributed by atoms with Gasteiger partial charge in [-0.1, -0.05) is 0 Å². The molecule has 1 aromatic heterocycles. The third kappa shape index (κ3) is 3.40. The maximum atomic E-state index is 13.5. The van der Waals surface area contributed by atoms with E-state index in [0.717, 1.165) is 28.6 Å². The van der Waals surface area contributed by atoms with Gasteiger partial charge in [0.1, 0.15) is 22.3 Å². The third-order valence-corrected chi connectivity index (χ3v) is 4.95. The average molecular weight is 344 g/mol. The molecule has 9 heteroatoms. The number of hydrogen-bond donors (Lipinski definition) is 1. The fraction of sp³-hybridized carbons (Fsp3) is 0.214. The van der Waals surface area contributed by atoms with E-state index in [2.05, 4.69) is 5.32 Å². The van der Waals surface area contributed by atoms with E-state index in [1.807, 2.05) is 0 Å². The van der Waals surface area contributed by atoms with Crippen molar-refractivity contribution in [1.82, 2.24) is 4.31 Å². The first-order valence-corrected chi connectivity index (χ1v) is 7.86. The number of carbonyl (C=O) groups excluding carboxylic acids is 1. The van der Waals surface area contributed by atoms with Crippen molar-refractivity contribution in [2.24, 2.45) is 0 Å². The van der Waals surface area contributed by atoms with Crippen LogP contribution in [-0.4, -0.2) is 32.7 Å². The number of sulfonamides is 1. The minimum absolute atomic E-state index is 0.0172. The van der Waals surface area contributed by atoms with E-state index in [9.17, 15) is 22.0 Å². The Balaban J connectivity index is 2.33. The summed E-state index contributed by atoms with van der Waals surface area (Å²) in [4.78, 5) is 11.9. The second-order valence-electron chi connectivity index (χ2n) is 4.90. The Morgan fingerprint density at radius 2 is 1.87 bits per heavy atom. The van der Waals surface area contributed by atoms with E-state index >= 15 is 0 Å². The smallest absolute Gasteiger partial charge is 0.291 e. The van der Waals surface area contributed by atoms with Crippen molar-refractivity contribution >= 4 is 21.6 Å². The molecule has 2 rings (SSSR count). The van der Waals surface area contributed by atoms with Crippen molar-refractivity contribution in [3.05, 3.63) is 47.4 Å². The predicted molar refractivity (Wildman–Crippen MR) is 78.6 cm³/mol. The van der Waals surface area contributed by atoms with Gasteiger partial charge in [-0.15, -0.1) is 0 Å². The Hall–Kier alpha value is -2.26. The highest BCUT2D eigenvalue weighted by atomic mass is 32.2. The van der Waals surface area contributed by atoms with E-state index in [0.29, 0.717) is 0 Å². The fourth-order valence-corrected chi connectivity index (χ4v) is 2.86. The summed E-state index contributed by atoms with van der Waals surface area (Å²) in [6.07, 6.45) is 0. The van der Waals surface area contributed by atoms with E-state index in [1.165, 1.54) is 21.0 Å². The van der Waals surface area contributed by atoms with Crippen LogP contribution in [0.3, 0.4) is 0 Å². The van der Waals surface area contributed by atoms with Gasteiger partial charge in [0.15, 0.2) is 5.76 Å². The van der Waals surface area contributed by atoms with Gasteiger partial charge >= 0.3 is 0 Å². The van der Waals surface area contributed by atoms with E-state index in [1.54, 1.807) is 0 Å². The number of benzene rings is 1. The molecule has 0 radical (unpaired) electrons. The number of anilines is 1. The molecule has 0 saturated carbocycles. The van der Waals surface area contributed by atoms with Crippen molar-refractivity contribution < 1.29 is 26.4 Å². The molecule has 0 atom stereocenters. The number of furan rings is 1. The van der Waals surface area contributed by atoms with Gasteiger partial charge in [-0.25, -0.2) is 21.5 Å². The standard InChI is InChI=1S/C14H14F2N2O4S/c1-8-13(23(20,21)18(2)3)7-12(22-8)14(19)17-11-6-9(15)4-5-10(11)16/h4-7H,1-3H3,(H,17,19).